The Kier molecular flexibility index (Phi) is 5.51. The molecular weight excluding hydrogens is 403 g/mol. The first-order chi connectivity index (χ1) is 12.3. The van der Waals surface area contributed by atoms with Gasteiger partial charge in [0.2, 0.25) is 0 Å². The second kappa shape index (κ2) is 7.06. The van der Waals surface area contributed by atoms with Crippen molar-refractivity contribution in [3.05, 3.63) is 52.3 Å². The molecule has 1 aromatic carbocycles. The average molecular weight is 416 g/mol. The lowest BCUT2D eigenvalue weighted by Gasteiger charge is -2.27. The molecule has 0 atom stereocenters. The molecule has 0 aliphatic carbocycles. The van der Waals surface area contributed by atoms with Crippen LogP contribution in [0.25, 0.3) is 5.69 Å². The van der Waals surface area contributed by atoms with E-state index in [1.807, 2.05) is 0 Å². The summed E-state index contributed by atoms with van der Waals surface area (Å²) >= 11 is 5.92. The van der Waals surface area contributed by atoms with Crippen molar-refractivity contribution in [2.75, 3.05) is 0 Å². The van der Waals surface area contributed by atoms with Crippen molar-refractivity contribution in [3.8, 4) is 5.69 Å². The molecule has 0 fully saturated rings. The Labute approximate surface area is 154 Å². The van der Waals surface area contributed by atoms with Crippen molar-refractivity contribution >= 4 is 17.8 Å². The molecule has 0 aliphatic heterocycles. The van der Waals surface area contributed by atoms with E-state index in [1.54, 1.807) is 42.7 Å². The molecule has 0 bridgehead atoms. The minimum Gasteiger partial charge on any atom is -0.318 e. The maximum Gasteiger partial charge on any atom is 0.462 e. The third kappa shape index (κ3) is 4.05. The van der Waals surface area contributed by atoms with Gasteiger partial charge in [-0.3, -0.25) is 0 Å². The summed E-state index contributed by atoms with van der Waals surface area (Å²) in [4.78, 5) is 0. The summed E-state index contributed by atoms with van der Waals surface area (Å²) in [7, 11) is 0. The number of halogens is 8. The first-order valence-electron chi connectivity index (χ1n) is 7.35. The van der Waals surface area contributed by atoms with Crippen LogP contribution < -0.4 is 5.43 Å². The third-order valence-corrected chi connectivity index (χ3v) is 3.93. The van der Waals surface area contributed by atoms with Gasteiger partial charge in [-0.2, -0.15) is 35.8 Å². The molecule has 3 nitrogen and oxygen atoms in total. The molecule has 27 heavy (non-hydrogen) atoms. The highest BCUT2D eigenvalue weighted by Gasteiger charge is 2.73. The van der Waals surface area contributed by atoms with Crippen LogP contribution in [0.2, 0.25) is 5.02 Å². The van der Waals surface area contributed by atoms with Crippen molar-refractivity contribution in [3.63, 3.8) is 0 Å². The molecule has 0 radical (unpaired) electrons. The maximum atomic E-state index is 13.2. The number of hydrogen-bond acceptors (Lipinski definition) is 2. The van der Waals surface area contributed by atoms with Crippen LogP contribution in [0.15, 0.2) is 35.4 Å². The van der Waals surface area contributed by atoms with Crippen molar-refractivity contribution in [2.45, 2.75) is 32.0 Å². The molecule has 0 amide bonds. The number of nitrogens with one attached hydrogen (secondary N) is 1. The Morgan fingerprint density at radius 3 is 2.22 bits per heavy atom. The number of nitrogens with zero attached hydrogens (tertiary/aromatic N) is 2. The minimum atomic E-state index is -6.43. The monoisotopic (exact) mass is 415 g/mol. The van der Waals surface area contributed by atoms with E-state index < -0.39 is 18.1 Å². The maximum absolute atomic E-state index is 13.2. The van der Waals surface area contributed by atoms with Gasteiger partial charge in [0.05, 0.1) is 6.21 Å². The fourth-order valence-corrected chi connectivity index (χ4v) is 2.55. The Bertz CT molecular complexity index is 856. The highest BCUT2D eigenvalue weighted by molar-refractivity contribution is 6.30. The second-order valence-corrected chi connectivity index (χ2v) is 6.09. The van der Waals surface area contributed by atoms with Gasteiger partial charge in [-0.25, -0.2) is 5.43 Å². The molecule has 1 aromatic heterocycles. The van der Waals surface area contributed by atoms with Crippen molar-refractivity contribution in [1.29, 1.82) is 0 Å². The predicted molar refractivity (Wildman–Crippen MR) is 86.9 cm³/mol. The standard InChI is InChI=1S/C16H13ClF7N3/c1-9-6-11(10(2)27(9)13-5-3-4-12(17)7-13)8-25-26-16(23,24)14(18,19)15(20,21)22/h3-8,26H,1-2H3/b25-8+. The topological polar surface area (TPSA) is 29.3 Å². The van der Waals surface area contributed by atoms with Gasteiger partial charge >= 0.3 is 18.1 Å². The van der Waals surface area contributed by atoms with E-state index in [-0.39, 0.29) is 5.56 Å². The zero-order valence-electron chi connectivity index (χ0n) is 13.9. The van der Waals surface area contributed by atoms with Gasteiger partial charge in [-0.1, -0.05) is 17.7 Å². The van der Waals surface area contributed by atoms with Gasteiger partial charge < -0.3 is 4.57 Å². The predicted octanol–water partition coefficient (Wildman–Crippen LogP) is 5.46. The lowest BCUT2D eigenvalue weighted by molar-refractivity contribution is -0.361. The van der Waals surface area contributed by atoms with Crippen LogP contribution in [-0.2, 0) is 0 Å². The number of aryl methyl sites for hydroxylation is 1. The lowest BCUT2D eigenvalue weighted by Crippen LogP contribution is -2.58. The van der Waals surface area contributed by atoms with Gasteiger partial charge in [0.15, 0.2) is 0 Å². The Morgan fingerprint density at radius 1 is 1.04 bits per heavy atom. The Balaban J connectivity index is 2.28. The van der Waals surface area contributed by atoms with Gasteiger partial charge in [0, 0.05) is 27.7 Å². The van der Waals surface area contributed by atoms with Crippen LogP contribution in [-0.4, -0.2) is 28.9 Å². The molecule has 0 saturated carbocycles. The van der Waals surface area contributed by atoms with Crippen LogP contribution in [0.5, 0.6) is 0 Å². The van der Waals surface area contributed by atoms with E-state index in [4.69, 9.17) is 11.6 Å². The largest absolute Gasteiger partial charge is 0.462 e. The summed E-state index contributed by atoms with van der Waals surface area (Å²) in [5.41, 5.74) is 2.62. The normalized spacial score (nSPS) is 13.4. The smallest absolute Gasteiger partial charge is 0.318 e. The lowest BCUT2D eigenvalue weighted by atomic mass is 10.2. The first-order valence-corrected chi connectivity index (χ1v) is 7.73. The fourth-order valence-electron chi connectivity index (χ4n) is 2.36. The summed E-state index contributed by atoms with van der Waals surface area (Å²) in [5, 5.41) is 3.33. The van der Waals surface area contributed by atoms with Gasteiger partial charge in [0.25, 0.3) is 0 Å². The van der Waals surface area contributed by atoms with E-state index in [0.717, 1.165) is 6.21 Å². The molecule has 11 heteroatoms. The van der Waals surface area contributed by atoms with Crippen LogP contribution in [0.1, 0.15) is 17.0 Å². The quantitative estimate of drug-likeness (QED) is 0.299. The molecule has 0 spiro atoms. The molecule has 2 aromatic rings. The first kappa shape index (κ1) is 21.1. The summed E-state index contributed by atoms with van der Waals surface area (Å²) in [6.07, 6.45) is -5.69. The average Bonchev–Trinajstić information content (AvgIpc) is 2.80. The number of alkyl halides is 7. The molecule has 0 aliphatic rings. The third-order valence-electron chi connectivity index (χ3n) is 3.70. The van der Waals surface area contributed by atoms with Crippen LogP contribution in [0, 0.1) is 13.8 Å². The molecular formula is C16H13ClF7N3. The fraction of sp³-hybridized carbons (Fsp3) is 0.312. The molecule has 1 N–H and O–H groups in total. The molecule has 0 saturated heterocycles. The summed E-state index contributed by atoms with van der Waals surface area (Å²) in [6.45, 7) is 3.28. The van der Waals surface area contributed by atoms with Crippen LogP contribution in [0.3, 0.4) is 0 Å². The SMILES string of the molecule is Cc1cc(/C=N/NC(F)(F)C(F)(F)C(F)(F)F)c(C)n1-c1cccc(Cl)c1. The highest BCUT2D eigenvalue weighted by Crippen LogP contribution is 2.45. The van der Waals surface area contributed by atoms with Gasteiger partial charge in [0.1, 0.15) is 0 Å². The summed E-state index contributed by atoms with van der Waals surface area (Å²) in [5.74, 6) is -6.28. The van der Waals surface area contributed by atoms with Crippen LogP contribution >= 0.6 is 11.6 Å². The van der Waals surface area contributed by atoms with Crippen LogP contribution in [0.4, 0.5) is 30.7 Å². The molecule has 1 heterocycles. The van der Waals surface area contributed by atoms with Gasteiger partial charge in [-0.05, 0) is 38.1 Å². The summed E-state index contributed by atoms with van der Waals surface area (Å²) < 4.78 is 89.9. The Hall–Kier alpha value is -2.23. The number of rotatable bonds is 5. The van der Waals surface area contributed by atoms with E-state index >= 15 is 0 Å². The molecule has 0 unspecified atom stereocenters. The summed E-state index contributed by atoms with van der Waals surface area (Å²) in [6, 6.07) is 2.59. The molecule has 2 rings (SSSR count). The van der Waals surface area contributed by atoms with Gasteiger partial charge in [-0.15, -0.1) is 0 Å². The number of hydrogen-bond donors (Lipinski definition) is 1. The number of hydrazone groups is 1. The van der Waals surface area contributed by atoms with E-state index in [0.29, 0.717) is 27.5 Å². The van der Waals surface area contributed by atoms with E-state index in [9.17, 15) is 30.7 Å². The Morgan fingerprint density at radius 2 is 1.67 bits per heavy atom. The minimum absolute atomic E-state index is 0.242. The van der Waals surface area contributed by atoms with E-state index in [1.165, 1.54) is 6.07 Å². The second-order valence-electron chi connectivity index (χ2n) is 5.66. The number of benzene rings is 1. The van der Waals surface area contributed by atoms with Crippen molar-refractivity contribution in [1.82, 2.24) is 9.99 Å². The zero-order chi connectivity index (χ0) is 20.6. The zero-order valence-corrected chi connectivity index (χ0v) is 14.6. The van der Waals surface area contributed by atoms with E-state index in [2.05, 4.69) is 5.10 Å². The number of aromatic nitrogens is 1. The van der Waals surface area contributed by atoms with Crippen molar-refractivity contribution in [2.24, 2.45) is 5.10 Å². The van der Waals surface area contributed by atoms with Crippen molar-refractivity contribution < 1.29 is 30.7 Å². The highest BCUT2D eigenvalue weighted by atomic mass is 35.5. The molecule has 148 valence electrons.